The number of hydrogen-bond acceptors (Lipinski definition) is 4. The van der Waals surface area contributed by atoms with Crippen molar-refractivity contribution in [1.82, 2.24) is 15.5 Å². The van der Waals surface area contributed by atoms with Gasteiger partial charge in [-0.15, -0.1) is 24.0 Å². The molecule has 1 amide bonds. The fourth-order valence-corrected chi connectivity index (χ4v) is 2.66. The number of nitrogens with zero attached hydrogens (tertiary/aromatic N) is 2. The van der Waals surface area contributed by atoms with Crippen molar-refractivity contribution in [3.8, 4) is 11.5 Å². The SMILES string of the molecule is CCNC(=NCc1ccc(C(=O)N(C)C)cc1)NCCCOc1ccc(OC)cc1.I. The van der Waals surface area contributed by atoms with E-state index >= 15 is 0 Å². The summed E-state index contributed by atoms with van der Waals surface area (Å²) in [6, 6.07) is 15.1. The fraction of sp³-hybridized carbons (Fsp3) is 0.391. The number of halogens is 1. The Bertz CT molecular complexity index is 809. The zero-order chi connectivity index (χ0) is 21.8. The predicted molar refractivity (Wildman–Crippen MR) is 136 cm³/mol. The van der Waals surface area contributed by atoms with E-state index in [-0.39, 0.29) is 29.9 Å². The third-order valence-electron chi connectivity index (χ3n) is 4.31. The highest BCUT2D eigenvalue weighted by Crippen LogP contribution is 2.16. The van der Waals surface area contributed by atoms with Crippen LogP contribution in [0.3, 0.4) is 0 Å². The number of amides is 1. The average Bonchev–Trinajstić information content (AvgIpc) is 2.77. The molecule has 2 aromatic carbocycles. The minimum Gasteiger partial charge on any atom is -0.497 e. The van der Waals surface area contributed by atoms with Crippen LogP contribution in [0.5, 0.6) is 11.5 Å². The minimum absolute atomic E-state index is 0. The Morgan fingerprint density at radius 3 is 2.23 bits per heavy atom. The van der Waals surface area contributed by atoms with E-state index in [1.807, 2.05) is 55.5 Å². The molecule has 0 aromatic heterocycles. The third-order valence-corrected chi connectivity index (χ3v) is 4.31. The molecule has 2 N–H and O–H groups in total. The molecule has 0 aliphatic rings. The lowest BCUT2D eigenvalue weighted by Crippen LogP contribution is -2.38. The Morgan fingerprint density at radius 1 is 1.00 bits per heavy atom. The first-order valence-electron chi connectivity index (χ1n) is 10.1. The van der Waals surface area contributed by atoms with Crippen molar-refractivity contribution in [2.75, 3.05) is 40.9 Å². The zero-order valence-electron chi connectivity index (χ0n) is 18.7. The van der Waals surface area contributed by atoms with Crippen LogP contribution < -0.4 is 20.1 Å². The number of carbonyl (C=O) groups is 1. The van der Waals surface area contributed by atoms with Gasteiger partial charge in [-0.1, -0.05) is 12.1 Å². The first kappa shape index (κ1) is 26.5. The Hall–Kier alpha value is -2.49. The molecule has 0 fully saturated rings. The smallest absolute Gasteiger partial charge is 0.253 e. The van der Waals surface area contributed by atoms with Crippen LogP contribution in [0.25, 0.3) is 0 Å². The largest absolute Gasteiger partial charge is 0.497 e. The number of aliphatic imine (C=N–C) groups is 1. The summed E-state index contributed by atoms with van der Waals surface area (Å²) in [5.41, 5.74) is 1.72. The van der Waals surface area contributed by atoms with Crippen LogP contribution >= 0.6 is 24.0 Å². The number of rotatable bonds is 10. The van der Waals surface area contributed by atoms with Gasteiger partial charge in [0, 0.05) is 32.7 Å². The maximum Gasteiger partial charge on any atom is 0.253 e. The Kier molecular flexibility index (Phi) is 12.4. The molecule has 7 nitrogen and oxygen atoms in total. The monoisotopic (exact) mass is 540 g/mol. The van der Waals surface area contributed by atoms with Crippen LogP contribution in [0.1, 0.15) is 29.3 Å². The Morgan fingerprint density at radius 2 is 1.65 bits per heavy atom. The lowest BCUT2D eigenvalue weighted by molar-refractivity contribution is 0.0827. The molecule has 31 heavy (non-hydrogen) atoms. The maximum absolute atomic E-state index is 12.0. The number of nitrogens with one attached hydrogen (secondary N) is 2. The molecule has 0 heterocycles. The van der Waals surface area contributed by atoms with Crippen LogP contribution in [-0.2, 0) is 6.54 Å². The molecule has 0 saturated carbocycles. The predicted octanol–water partition coefficient (Wildman–Crippen LogP) is 3.54. The second-order valence-corrected chi connectivity index (χ2v) is 6.90. The lowest BCUT2D eigenvalue weighted by Gasteiger charge is -2.12. The molecule has 0 aliphatic carbocycles. The Balaban J connectivity index is 0.00000480. The standard InChI is InChI=1S/C23H32N4O3.HI/c1-5-24-23(25-15-6-16-30-21-13-11-20(29-4)12-14-21)26-17-18-7-9-19(10-8-18)22(28)27(2)3;/h7-14H,5-6,15-17H2,1-4H3,(H2,24,25,26);1H. The average molecular weight is 540 g/mol. The molecular formula is C23H33IN4O3. The van der Waals surface area contributed by atoms with Gasteiger partial charge in [0.2, 0.25) is 0 Å². The van der Waals surface area contributed by atoms with Crippen LogP contribution in [0.4, 0.5) is 0 Å². The van der Waals surface area contributed by atoms with E-state index in [9.17, 15) is 4.79 Å². The first-order valence-corrected chi connectivity index (χ1v) is 10.1. The maximum atomic E-state index is 12.0. The summed E-state index contributed by atoms with van der Waals surface area (Å²) in [6.07, 6.45) is 0.845. The van der Waals surface area contributed by atoms with Crippen LogP contribution in [0.15, 0.2) is 53.5 Å². The van der Waals surface area contributed by atoms with Crippen LogP contribution in [0.2, 0.25) is 0 Å². The summed E-state index contributed by atoms with van der Waals surface area (Å²) in [6.45, 7) is 4.71. The summed E-state index contributed by atoms with van der Waals surface area (Å²) in [7, 11) is 5.14. The number of guanidine groups is 1. The second kappa shape index (κ2) is 14.5. The van der Waals surface area contributed by atoms with Gasteiger partial charge in [0.1, 0.15) is 11.5 Å². The molecule has 2 rings (SSSR count). The number of benzene rings is 2. The summed E-state index contributed by atoms with van der Waals surface area (Å²) >= 11 is 0. The number of methoxy groups -OCH3 is 1. The van der Waals surface area contributed by atoms with Gasteiger partial charge in [-0.25, -0.2) is 4.99 Å². The molecule has 0 radical (unpaired) electrons. The lowest BCUT2D eigenvalue weighted by atomic mass is 10.1. The van der Waals surface area contributed by atoms with E-state index in [1.165, 1.54) is 0 Å². The van der Waals surface area contributed by atoms with Crippen molar-refractivity contribution in [2.45, 2.75) is 19.9 Å². The van der Waals surface area contributed by atoms with Gasteiger partial charge in [0.25, 0.3) is 5.91 Å². The summed E-state index contributed by atoms with van der Waals surface area (Å²) in [4.78, 5) is 18.1. The number of ether oxygens (including phenoxy) is 2. The van der Waals surface area contributed by atoms with Crippen molar-refractivity contribution in [2.24, 2.45) is 4.99 Å². The van der Waals surface area contributed by atoms with E-state index in [0.29, 0.717) is 18.7 Å². The third kappa shape index (κ3) is 9.46. The van der Waals surface area contributed by atoms with Crippen molar-refractivity contribution >= 4 is 35.8 Å². The summed E-state index contributed by atoms with van der Waals surface area (Å²) in [5.74, 6) is 2.40. The first-order chi connectivity index (χ1) is 14.5. The van der Waals surface area contributed by atoms with E-state index in [1.54, 1.807) is 26.1 Å². The molecule has 0 aliphatic heterocycles. The highest BCUT2D eigenvalue weighted by molar-refractivity contribution is 14.0. The molecular weight excluding hydrogens is 507 g/mol. The van der Waals surface area contributed by atoms with Crippen molar-refractivity contribution in [1.29, 1.82) is 0 Å². The second-order valence-electron chi connectivity index (χ2n) is 6.90. The molecule has 8 heteroatoms. The molecule has 0 spiro atoms. The van der Waals surface area contributed by atoms with Crippen molar-refractivity contribution in [3.05, 3.63) is 59.7 Å². The number of hydrogen-bond donors (Lipinski definition) is 2. The molecule has 0 unspecified atom stereocenters. The van der Waals surface area contributed by atoms with Gasteiger partial charge in [0.15, 0.2) is 5.96 Å². The molecule has 2 aromatic rings. The van der Waals surface area contributed by atoms with Gasteiger partial charge >= 0.3 is 0 Å². The molecule has 0 atom stereocenters. The molecule has 0 saturated heterocycles. The minimum atomic E-state index is -0.00286. The quantitative estimate of drug-likeness (QED) is 0.209. The van der Waals surface area contributed by atoms with E-state index in [2.05, 4.69) is 15.6 Å². The van der Waals surface area contributed by atoms with Gasteiger partial charge in [-0.3, -0.25) is 4.79 Å². The van der Waals surface area contributed by atoms with Crippen molar-refractivity contribution < 1.29 is 14.3 Å². The topological polar surface area (TPSA) is 75.2 Å². The van der Waals surface area contributed by atoms with Crippen LogP contribution in [-0.4, -0.2) is 57.7 Å². The molecule has 170 valence electrons. The normalized spacial score (nSPS) is 10.6. The van der Waals surface area contributed by atoms with E-state index in [0.717, 1.165) is 42.5 Å². The number of carbonyl (C=O) groups excluding carboxylic acids is 1. The fourth-order valence-electron chi connectivity index (χ4n) is 2.66. The van der Waals surface area contributed by atoms with Gasteiger partial charge in [0.05, 0.1) is 20.3 Å². The van der Waals surface area contributed by atoms with E-state index < -0.39 is 0 Å². The van der Waals surface area contributed by atoms with Gasteiger partial charge in [-0.2, -0.15) is 0 Å². The highest BCUT2D eigenvalue weighted by atomic mass is 127. The summed E-state index contributed by atoms with van der Waals surface area (Å²) in [5, 5.41) is 6.56. The molecule has 0 bridgehead atoms. The van der Waals surface area contributed by atoms with Crippen molar-refractivity contribution in [3.63, 3.8) is 0 Å². The van der Waals surface area contributed by atoms with Gasteiger partial charge < -0.3 is 25.0 Å². The highest BCUT2D eigenvalue weighted by Gasteiger charge is 2.07. The zero-order valence-corrected chi connectivity index (χ0v) is 21.0. The van der Waals surface area contributed by atoms with E-state index in [4.69, 9.17) is 9.47 Å². The Labute approximate surface area is 202 Å². The summed E-state index contributed by atoms with van der Waals surface area (Å²) < 4.78 is 10.9. The van der Waals surface area contributed by atoms with Gasteiger partial charge in [-0.05, 0) is 55.3 Å². The van der Waals surface area contributed by atoms with Crippen LogP contribution in [0, 0.1) is 0 Å².